The minimum atomic E-state index is -0.573. The Morgan fingerprint density at radius 2 is 2.04 bits per heavy atom. The summed E-state index contributed by atoms with van der Waals surface area (Å²) in [4.78, 5) is 22.3. The third-order valence-electron chi connectivity index (χ3n) is 3.19. The molecule has 8 nitrogen and oxygen atoms in total. The molecule has 0 bridgehead atoms. The number of carbonyl (C=O) groups excluding carboxylic acids is 1. The van der Waals surface area contributed by atoms with E-state index in [-0.39, 0.29) is 5.88 Å². The number of ether oxygens (including phenoxy) is 2. The number of aromatic nitrogens is 2. The van der Waals surface area contributed by atoms with E-state index in [1.807, 2.05) is 4.90 Å². The van der Waals surface area contributed by atoms with Crippen molar-refractivity contribution in [2.75, 3.05) is 31.2 Å². The third-order valence-corrected chi connectivity index (χ3v) is 3.19. The molecule has 1 aliphatic rings. The number of hydrogen-bond acceptors (Lipinski definition) is 7. The molecular formula is C15H24N4O4. The van der Waals surface area contributed by atoms with Crippen LogP contribution in [0.2, 0.25) is 0 Å². The first kappa shape index (κ1) is 17.3. The number of nitrogens with one attached hydrogen (secondary N) is 1. The van der Waals surface area contributed by atoms with Gasteiger partial charge in [-0.3, -0.25) is 0 Å². The number of alkyl carbamates (subject to hydrolysis) is 1. The van der Waals surface area contributed by atoms with E-state index in [0.717, 1.165) is 0 Å². The van der Waals surface area contributed by atoms with Gasteiger partial charge in [0.25, 0.3) is 0 Å². The molecule has 128 valence electrons. The highest BCUT2D eigenvalue weighted by atomic mass is 16.6. The van der Waals surface area contributed by atoms with Gasteiger partial charge in [0.1, 0.15) is 5.60 Å². The van der Waals surface area contributed by atoms with Gasteiger partial charge in [0.2, 0.25) is 11.8 Å². The van der Waals surface area contributed by atoms with E-state index < -0.39 is 17.7 Å². The maximum atomic E-state index is 11.8. The summed E-state index contributed by atoms with van der Waals surface area (Å²) >= 11 is 0. The number of hydrogen-bond donors (Lipinski definition) is 2. The molecule has 1 aliphatic heterocycles. The van der Waals surface area contributed by atoms with E-state index in [1.165, 1.54) is 6.07 Å². The molecule has 2 rings (SSSR count). The summed E-state index contributed by atoms with van der Waals surface area (Å²) in [6.45, 7) is 9.68. The van der Waals surface area contributed by atoms with Crippen LogP contribution in [-0.2, 0) is 9.47 Å². The van der Waals surface area contributed by atoms with Crippen molar-refractivity contribution < 1.29 is 19.4 Å². The van der Waals surface area contributed by atoms with E-state index in [0.29, 0.717) is 37.9 Å². The topological polar surface area (TPSA) is 96.8 Å². The summed E-state index contributed by atoms with van der Waals surface area (Å²) in [7, 11) is 0. The fraction of sp³-hybridized carbons (Fsp3) is 0.667. The van der Waals surface area contributed by atoms with Crippen LogP contribution >= 0.6 is 0 Å². The van der Waals surface area contributed by atoms with E-state index in [1.54, 1.807) is 27.7 Å². The molecule has 2 N–H and O–H groups in total. The van der Waals surface area contributed by atoms with Crippen molar-refractivity contribution in [1.82, 2.24) is 15.3 Å². The first-order valence-electron chi connectivity index (χ1n) is 7.65. The summed E-state index contributed by atoms with van der Waals surface area (Å²) in [5.41, 5.74) is -0.0545. The highest BCUT2D eigenvalue weighted by Gasteiger charge is 2.21. The number of carbonyl (C=O) groups is 1. The molecule has 1 saturated heterocycles. The molecular weight excluding hydrogens is 300 g/mol. The fourth-order valence-corrected chi connectivity index (χ4v) is 2.12. The molecule has 23 heavy (non-hydrogen) atoms. The van der Waals surface area contributed by atoms with Gasteiger partial charge in [-0.1, -0.05) is 0 Å². The Hall–Kier alpha value is -2.09. The molecule has 2 heterocycles. The Labute approximate surface area is 135 Å². The van der Waals surface area contributed by atoms with Crippen molar-refractivity contribution in [3.05, 3.63) is 11.8 Å². The Morgan fingerprint density at radius 1 is 1.39 bits per heavy atom. The van der Waals surface area contributed by atoms with Crippen molar-refractivity contribution in [3.8, 4) is 5.88 Å². The molecule has 1 atom stereocenters. The van der Waals surface area contributed by atoms with Crippen LogP contribution in [0.1, 0.15) is 39.4 Å². The summed E-state index contributed by atoms with van der Waals surface area (Å²) in [5.74, 6) is 0.301. The van der Waals surface area contributed by atoms with Crippen LogP contribution < -0.4 is 10.2 Å². The average molecular weight is 324 g/mol. The van der Waals surface area contributed by atoms with Crippen molar-refractivity contribution in [1.29, 1.82) is 0 Å². The monoisotopic (exact) mass is 324 g/mol. The molecule has 1 aromatic rings. The molecule has 0 unspecified atom stereocenters. The number of rotatable bonds is 3. The van der Waals surface area contributed by atoms with Crippen molar-refractivity contribution in [3.63, 3.8) is 0 Å². The van der Waals surface area contributed by atoms with E-state index in [9.17, 15) is 9.90 Å². The number of aromatic hydroxyl groups is 1. The summed E-state index contributed by atoms with van der Waals surface area (Å²) in [6, 6.07) is 1.02. The van der Waals surface area contributed by atoms with Gasteiger partial charge in [0, 0.05) is 19.2 Å². The summed E-state index contributed by atoms with van der Waals surface area (Å²) in [5, 5.41) is 12.5. The van der Waals surface area contributed by atoms with Gasteiger partial charge < -0.3 is 24.8 Å². The van der Waals surface area contributed by atoms with Crippen LogP contribution in [0.5, 0.6) is 5.88 Å². The van der Waals surface area contributed by atoms with Crippen LogP contribution in [0.15, 0.2) is 6.07 Å². The van der Waals surface area contributed by atoms with Gasteiger partial charge >= 0.3 is 6.09 Å². The van der Waals surface area contributed by atoms with Gasteiger partial charge in [-0.15, -0.1) is 0 Å². The molecule has 0 spiro atoms. The van der Waals surface area contributed by atoms with Gasteiger partial charge in [-0.25, -0.2) is 9.78 Å². The minimum absolute atomic E-state index is 0.130. The second-order valence-corrected chi connectivity index (χ2v) is 6.42. The summed E-state index contributed by atoms with van der Waals surface area (Å²) in [6.07, 6.45) is -0.531. The van der Waals surface area contributed by atoms with Crippen LogP contribution in [-0.4, -0.2) is 53.1 Å². The Morgan fingerprint density at radius 3 is 2.65 bits per heavy atom. The lowest BCUT2D eigenvalue weighted by atomic mass is 10.2. The highest BCUT2D eigenvalue weighted by molar-refractivity contribution is 5.68. The normalized spacial score (nSPS) is 16.8. The van der Waals surface area contributed by atoms with Crippen molar-refractivity contribution >= 4 is 12.0 Å². The minimum Gasteiger partial charge on any atom is -0.493 e. The summed E-state index contributed by atoms with van der Waals surface area (Å²) < 4.78 is 10.5. The largest absolute Gasteiger partial charge is 0.493 e. The Balaban J connectivity index is 2.09. The van der Waals surface area contributed by atoms with Crippen molar-refractivity contribution in [2.45, 2.75) is 39.3 Å². The molecule has 0 radical (unpaired) electrons. The number of amides is 1. The van der Waals surface area contributed by atoms with Gasteiger partial charge in [0.15, 0.2) is 0 Å². The average Bonchev–Trinajstić information content (AvgIpc) is 2.45. The molecule has 0 saturated carbocycles. The SMILES string of the molecule is C[C@@H](NC(=O)OC(C)(C)C)c1cc(O)nc(N2CCOCC2)n1. The van der Waals surface area contributed by atoms with Crippen LogP contribution in [0, 0.1) is 0 Å². The predicted octanol–water partition coefficient (Wildman–Crippen LogP) is 1.60. The third kappa shape index (κ3) is 5.24. The number of anilines is 1. The predicted molar refractivity (Wildman–Crippen MR) is 84.5 cm³/mol. The zero-order valence-corrected chi connectivity index (χ0v) is 14.0. The van der Waals surface area contributed by atoms with Crippen LogP contribution in [0.3, 0.4) is 0 Å². The lowest BCUT2D eigenvalue weighted by Gasteiger charge is -2.27. The second kappa shape index (κ2) is 6.99. The number of morpholine rings is 1. The second-order valence-electron chi connectivity index (χ2n) is 6.42. The van der Waals surface area contributed by atoms with E-state index >= 15 is 0 Å². The van der Waals surface area contributed by atoms with E-state index in [2.05, 4.69) is 15.3 Å². The Kier molecular flexibility index (Phi) is 5.25. The highest BCUT2D eigenvalue weighted by Crippen LogP contribution is 2.20. The first-order valence-corrected chi connectivity index (χ1v) is 7.65. The maximum absolute atomic E-state index is 11.8. The lowest BCUT2D eigenvalue weighted by Crippen LogP contribution is -2.38. The van der Waals surface area contributed by atoms with Crippen LogP contribution in [0.25, 0.3) is 0 Å². The quantitative estimate of drug-likeness (QED) is 0.871. The van der Waals surface area contributed by atoms with Crippen LogP contribution in [0.4, 0.5) is 10.7 Å². The zero-order chi connectivity index (χ0) is 17.0. The molecule has 1 fully saturated rings. The van der Waals surface area contributed by atoms with E-state index in [4.69, 9.17) is 9.47 Å². The molecule has 0 aliphatic carbocycles. The smallest absolute Gasteiger partial charge is 0.408 e. The van der Waals surface area contributed by atoms with Gasteiger partial charge in [0.05, 0.1) is 24.9 Å². The lowest BCUT2D eigenvalue weighted by molar-refractivity contribution is 0.0506. The first-order chi connectivity index (χ1) is 10.7. The molecule has 8 heteroatoms. The van der Waals surface area contributed by atoms with Crippen molar-refractivity contribution in [2.24, 2.45) is 0 Å². The van der Waals surface area contributed by atoms with Gasteiger partial charge in [-0.05, 0) is 27.7 Å². The zero-order valence-electron chi connectivity index (χ0n) is 14.0. The maximum Gasteiger partial charge on any atom is 0.408 e. The molecule has 1 amide bonds. The standard InChI is InChI=1S/C15H24N4O4/c1-10(16-14(21)23-15(2,3)4)11-9-12(20)18-13(17-11)19-5-7-22-8-6-19/h9-10H,5-8H2,1-4H3,(H,16,21)(H,17,18,20)/t10-/m1/s1. The Bertz CT molecular complexity index is 553. The fourth-order valence-electron chi connectivity index (χ4n) is 2.12. The molecule has 1 aromatic heterocycles. The van der Waals surface area contributed by atoms with Gasteiger partial charge in [-0.2, -0.15) is 4.98 Å². The number of nitrogens with zero attached hydrogens (tertiary/aromatic N) is 3. The molecule has 0 aromatic carbocycles.